The molecule has 2 aromatic carbocycles. The summed E-state index contributed by atoms with van der Waals surface area (Å²) in [6.45, 7) is 0.567. The summed E-state index contributed by atoms with van der Waals surface area (Å²) >= 11 is 1.67. The number of thioether (sulfide) groups is 1. The van der Waals surface area contributed by atoms with Crippen LogP contribution in [0.3, 0.4) is 0 Å². The van der Waals surface area contributed by atoms with Gasteiger partial charge in [0.1, 0.15) is 11.5 Å². The molecule has 0 spiro atoms. The van der Waals surface area contributed by atoms with Crippen LogP contribution in [-0.2, 0) is 6.54 Å². The highest BCUT2D eigenvalue weighted by atomic mass is 32.2. The Hall–Kier alpha value is -3.39. The van der Waals surface area contributed by atoms with Gasteiger partial charge < -0.3 is 9.67 Å². The number of aromatic amines is 1. The van der Waals surface area contributed by atoms with Crippen molar-refractivity contribution in [2.24, 2.45) is 0 Å². The molecule has 0 amide bonds. The van der Waals surface area contributed by atoms with Crippen molar-refractivity contribution in [2.75, 3.05) is 6.26 Å². The van der Waals surface area contributed by atoms with Crippen LogP contribution in [0.25, 0.3) is 11.5 Å². The summed E-state index contributed by atoms with van der Waals surface area (Å²) in [5, 5.41) is 16.6. The van der Waals surface area contributed by atoms with E-state index in [1.807, 2.05) is 29.0 Å². The molecule has 0 saturated carbocycles. The first-order valence-electron chi connectivity index (χ1n) is 9.74. The number of rotatable bonds is 7. The predicted molar refractivity (Wildman–Crippen MR) is 119 cm³/mol. The van der Waals surface area contributed by atoms with Crippen LogP contribution >= 0.6 is 11.8 Å². The summed E-state index contributed by atoms with van der Waals surface area (Å²) in [5.41, 5.74) is 1.76. The Morgan fingerprint density at radius 2 is 2.00 bits per heavy atom. The quantitative estimate of drug-likeness (QED) is 0.419. The molecule has 1 atom stereocenters. The molecule has 0 radical (unpaired) electrons. The first-order chi connectivity index (χ1) is 15.1. The molecule has 31 heavy (non-hydrogen) atoms. The second kappa shape index (κ2) is 9.18. The van der Waals surface area contributed by atoms with Gasteiger partial charge in [-0.15, -0.1) is 11.8 Å². The molecule has 0 bridgehead atoms. The second-order valence-corrected chi connectivity index (χ2v) is 7.95. The summed E-state index contributed by atoms with van der Waals surface area (Å²) in [6, 6.07) is 14.9. The fraction of sp³-hybridized carbons (Fsp3) is 0.174. The Bertz CT molecular complexity index is 1240. The van der Waals surface area contributed by atoms with Crippen LogP contribution in [0.4, 0.5) is 4.39 Å². The largest absolute Gasteiger partial charge is 0.503 e. The molecule has 1 unspecified atom stereocenters. The number of benzene rings is 2. The van der Waals surface area contributed by atoms with Gasteiger partial charge >= 0.3 is 0 Å². The third kappa shape index (κ3) is 4.54. The molecule has 0 saturated heterocycles. The molecule has 0 fully saturated rings. The van der Waals surface area contributed by atoms with E-state index in [1.165, 1.54) is 12.1 Å². The van der Waals surface area contributed by atoms with Gasteiger partial charge in [-0.1, -0.05) is 24.3 Å². The number of nitrogens with zero attached hydrogens (tertiary/aromatic N) is 3. The van der Waals surface area contributed by atoms with Crippen LogP contribution in [0.15, 0.2) is 76.8 Å². The number of aromatic hydroxyl groups is 1. The van der Waals surface area contributed by atoms with Crippen molar-refractivity contribution in [3.8, 4) is 17.3 Å². The second-order valence-electron chi connectivity index (χ2n) is 7.07. The summed E-state index contributed by atoms with van der Waals surface area (Å²) in [5.74, 6) is -0.221. The Kier molecular flexibility index (Phi) is 6.18. The molecule has 4 aromatic rings. The molecule has 6 nitrogen and oxygen atoms in total. The van der Waals surface area contributed by atoms with Gasteiger partial charge in [-0.25, -0.2) is 9.37 Å². The molecule has 0 aliphatic heterocycles. The van der Waals surface area contributed by atoms with E-state index in [0.29, 0.717) is 18.8 Å². The number of imidazole rings is 1. The molecule has 0 aliphatic rings. The molecule has 2 heterocycles. The summed E-state index contributed by atoms with van der Waals surface area (Å²) in [7, 11) is 0. The first kappa shape index (κ1) is 20.9. The topological polar surface area (TPSA) is 83.8 Å². The predicted octanol–water partition coefficient (Wildman–Crippen LogP) is 4.42. The van der Waals surface area contributed by atoms with Gasteiger partial charge in [0.15, 0.2) is 11.6 Å². The number of aromatic nitrogens is 4. The van der Waals surface area contributed by atoms with Gasteiger partial charge in [0.25, 0.3) is 0 Å². The van der Waals surface area contributed by atoms with Crippen LogP contribution in [0.2, 0.25) is 0 Å². The van der Waals surface area contributed by atoms with E-state index in [4.69, 9.17) is 0 Å². The first-order valence-corrected chi connectivity index (χ1v) is 11.0. The molecular weight excluding hydrogens is 415 g/mol. The van der Waals surface area contributed by atoms with E-state index < -0.39 is 11.2 Å². The van der Waals surface area contributed by atoms with E-state index in [-0.39, 0.29) is 17.4 Å². The van der Waals surface area contributed by atoms with E-state index in [1.54, 1.807) is 24.2 Å². The van der Waals surface area contributed by atoms with Crippen LogP contribution in [0, 0.1) is 5.82 Å². The zero-order chi connectivity index (χ0) is 21.8. The fourth-order valence-electron chi connectivity index (χ4n) is 3.61. The Morgan fingerprint density at radius 1 is 1.19 bits per heavy atom. The van der Waals surface area contributed by atoms with Crippen molar-refractivity contribution < 1.29 is 9.50 Å². The lowest BCUT2D eigenvalue weighted by Crippen LogP contribution is -2.10. The number of hydrogen-bond donors (Lipinski definition) is 2. The van der Waals surface area contributed by atoms with E-state index in [2.05, 4.69) is 33.4 Å². The molecule has 2 N–H and O–H groups in total. The fourth-order valence-corrected chi connectivity index (χ4v) is 4.08. The molecule has 0 aliphatic carbocycles. The van der Waals surface area contributed by atoms with E-state index >= 15 is 0 Å². The van der Waals surface area contributed by atoms with Crippen LogP contribution in [-0.4, -0.2) is 31.1 Å². The number of halogens is 1. The van der Waals surface area contributed by atoms with Crippen molar-refractivity contribution in [1.82, 2.24) is 19.7 Å². The highest BCUT2D eigenvalue weighted by Crippen LogP contribution is 2.32. The number of H-pyrrole nitrogens is 1. The zero-order valence-electron chi connectivity index (χ0n) is 16.8. The van der Waals surface area contributed by atoms with Crippen molar-refractivity contribution in [3.05, 3.63) is 94.3 Å². The highest BCUT2D eigenvalue weighted by molar-refractivity contribution is 7.98. The Labute approximate surface area is 182 Å². The maximum Gasteiger partial charge on any atom is 0.242 e. The maximum absolute atomic E-state index is 13.5. The van der Waals surface area contributed by atoms with Gasteiger partial charge in [0, 0.05) is 29.8 Å². The van der Waals surface area contributed by atoms with Crippen LogP contribution in [0.5, 0.6) is 5.75 Å². The van der Waals surface area contributed by atoms with Crippen molar-refractivity contribution in [3.63, 3.8) is 0 Å². The zero-order valence-corrected chi connectivity index (χ0v) is 17.6. The lowest BCUT2D eigenvalue weighted by atomic mass is 9.88. The van der Waals surface area contributed by atoms with Crippen molar-refractivity contribution in [1.29, 1.82) is 0 Å². The minimum absolute atomic E-state index is 0.0319. The Morgan fingerprint density at radius 3 is 2.77 bits per heavy atom. The molecular formula is C23H21FN4O2S. The third-order valence-corrected chi connectivity index (χ3v) is 5.92. The maximum atomic E-state index is 13.5. The highest BCUT2D eigenvalue weighted by Gasteiger charge is 2.18. The molecule has 2 aromatic heterocycles. The number of hydrogen-bond acceptors (Lipinski definition) is 5. The molecule has 8 heteroatoms. The molecule has 4 rings (SSSR count). The van der Waals surface area contributed by atoms with Crippen molar-refractivity contribution in [2.45, 2.75) is 23.8 Å². The van der Waals surface area contributed by atoms with Gasteiger partial charge in [0.05, 0.1) is 6.20 Å². The minimum Gasteiger partial charge on any atom is -0.503 e. The van der Waals surface area contributed by atoms with Gasteiger partial charge in [-0.05, 0) is 48.1 Å². The summed E-state index contributed by atoms with van der Waals surface area (Å²) in [6.07, 6.45) is 7.17. The lowest BCUT2D eigenvalue weighted by Gasteiger charge is -2.20. The third-order valence-electron chi connectivity index (χ3n) is 5.19. The van der Waals surface area contributed by atoms with Gasteiger partial charge in [-0.2, -0.15) is 5.10 Å². The van der Waals surface area contributed by atoms with Crippen molar-refractivity contribution >= 4 is 11.8 Å². The lowest BCUT2D eigenvalue weighted by molar-refractivity contribution is 0.466. The standard InChI is InChI=1S/C23H21FN4O2S/c1-31-18-4-2-3-16(13-18)19(15-5-7-17(24)8-6-15)9-11-28-12-10-25-23(28)21-22(30)20(29)14-26-27-21/h2-8,10,12-14,19H,9,11H2,1H3,(H,26,30)(H,27,29). The average Bonchev–Trinajstić information content (AvgIpc) is 3.25. The van der Waals surface area contributed by atoms with Crippen LogP contribution in [0.1, 0.15) is 23.5 Å². The Balaban J connectivity index is 1.66. The minimum atomic E-state index is -0.568. The van der Waals surface area contributed by atoms with Gasteiger partial charge in [-0.3, -0.25) is 9.89 Å². The van der Waals surface area contributed by atoms with E-state index in [9.17, 15) is 14.3 Å². The SMILES string of the molecule is CSc1cccc(C(CCn2ccnc2-c2[nH]ncc(=O)c2O)c2ccc(F)cc2)c1. The number of aryl methyl sites for hydroxylation is 1. The number of nitrogens with one attached hydrogen (secondary N) is 1. The summed E-state index contributed by atoms with van der Waals surface area (Å²) < 4.78 is 15.4. The normalized spacial score (nSPS) is 12.1. The van der Waals surface area contributed by atoms with Crippen LogP contribution < -0.4 is 5.43 Å². The smallest absolute Gasteiger partial charge is 0.242 e. The molecule has 158 valence electrons. The summed E-state index contributed by atoms with van der Waals surface area (Å²) in [4.78, 5) is 17.2. The van der Waals surface area contributed by atoms with E-state index in [0.717, 1.165) is 22.2 Å². The van der Waals surface area contributed by atoms with Gasteiger partial charge in [0.2, 0.25) is 5.43 Å². The monoisotopic (exact) mass is 436 g/mol. The average molecular weight is 437 g/mol.